The van der Waals surface area contributed by atoms with Gasteiger partial charge in [0.05, 0.1) is 7.11 Å². The fourth-order valence-electron chi connectivity index (χ4n) is 1.09. The van der Waals surface area contributed by atoms with Gasteiger partial charge in [-0.3, -0.25) is 4.79 Å². The second-order valence-corrected chi connectivity index (χ2v) is 3.89. The second-order valence-electron chi connectivity index (χ2n) is 2.93. The van der Waals surface area contributed by atoms with Crippen LogP contribution < -0.4 is 0 Å². The lowest BCUT2D eigenvalue weighted by Crippen LogP contribution is -2.19. The molecule has 0 aromatic heterocycles. The summed E-state index contributed by atoms with van der Waals surface area (Å²) in [5.41, 5.74) is 0.338. The summed E-state index contributed by atoms with van der Waals surface area (Å²) in [5, 5.41) is -0.578. The van der Waals surface area contributed by atoms with E-state index >= 15 is 0 Å². The number of alkyl halides is 1. The molecule has 0 amide bonds. The van der Waals surface area contributed by atoms with Crippen molar-refractivity contribution in [2.45, 2.75) is 11.8 Å². The zero-order valence-corrected chi connectivity index (χ0v) is 9.48. The Morgan fingerprint density at radius 1 is 1.60 bits per heavy atom. The van der Waals surface area contributed by atoms with Gasteiger partial charge in [0.15, 0.2) is 0 Å². The van der Waals surface area contributed by atoms with Crippen LogP contribution in [0.15, 0.2) is 18.2 Å². The number of ether oxygens (including phenoxy) is 1. The topological polar surface area (TPSA) is 26.3 Å². The number of carbonyl (C=O) groups is 1. The number of carbonyl (C=O) groups excluding carboxylic acids is 1. The first-order valence-corrected chi connectivity index (χ1v) is 5.02. The van der Waals surface area contributed by atoms with E-state index in [2.05, 4.69) is 4.74 Å². The van der Waals surface area contributed by atoms with Crippen LogP contribution in [0.5, 0.6) is 0 Å². The summed E-state index contributed by atoms with van der Waals surface area (Å²) in [4.78, 5) is 11.0. The fourth-order valence-corrected chi connectivity index (χ4v) is 1.51. The first-order valence-electron chi connectivity index (χ1n) is 4.20. The molecule has 1 unspecified atom stereocenters. The highest BCUT2D eigenvalue weighted by Gasteiger charge is 2.18. The predicted molar refractivity (Wildman–Crippen MR) is 56.8 cm³/mol. The van der Waals surface area contributed by atoms with E-state index in [1.54, 1.807) is 6.07 Å². The third kappa shape index (κ3) is 3.36. The van der Waals surface area contributed by atoms with E-state index in [0.29, 0.717) is 10.6 Å². The zero-order chi connectivity index (χ0) is 11.4. The van der Waals surface area contributed by atoms with E-state index in [1.807, 2.05) is 0 Å². The third-order valence-electron chi connectivity index (χ3n) is 1.87. The van der Waals surface area contributed by atoms with Crippen molar-refractivity contribution in [3.05, 3.63) is 34.6 Å². The number of rotatable bonds is 3. The van der Waals surface area contributed by atoms with Crippen molar-refractivity contribution in [1.29, 1.82) is 0 Å². The van der Waals surface area contributed by atoms with Gasteiger partial charge in [-0.2, -0.15) is 0 Å². The Morgan fingerprint density at radius 2 is 2.27 bits per heavy atom. The third-order valence-corrected chi connectivity index (χ3v) is 2.44. The lowest BCUT2D eigenvalue weighted by atomic mass is 10.1. The molecular weight excluding hydrogens is 242 g/mol. The van der Waals surface area contributed by atoms with Crippen LogP contribution in [0.3, 0.4) is 0 Å². The van der Waals surface area contributed by atoms with E-state index in [4.69, 9.17) is 23.2 Å². The normalized spacial score (nSPS) is 12.3. The monoisotopic (exact) mass is 250 g/mol. The molecule has 0 spiro atoms. The van der Waals surface area contributed by atoms with Gasteiger partial charge in [0.2, 0.25) is 0 Å². The Labute approximate surface area is 96.9 Å². The molecule has 1 atom stereocenters. The molecule has 1 aromatic carbocycles. The summed E-state index contributed by atoms with van der Waals surface area (Å²) in [6, 6.07) is 4.22. The van der Waals surface area contributed by atoms with Crippen LogP contribution in [0, 0.1) is 5.82 Å². The molecule has 0 aliphatic heterocycles. The highest BCUT2D eigenvalue weighted by Crippen LogP contribution is 2.17. The molecule has 0 heterocycles. The number of benzene rings is 1. The van der Waals surface area contributed by atoms with Gasteiger partial charge in [-0.25, -0.2) is 4.39 Å². The first-order chi connectivity index (χ1) is 7.04. The average molecular weight is 251 g/mol. The van der Waals surface area contributed by atoms with Crippen LogP contribution in [0.25, 0.3) is 0 Å². The zero-order valence-electron chi connectivity index (χ0n) is 7.97. The quantitative estimate of drug-likeness (QED) is 0.609. The van der Waals surface area contributed by atoms with Gasteiger partial charge in [0.1, 0.15) is 11.2 Å². The van der Waals surface area contributed by atoms with Crippen molar-refractivity contribution in [3.63, 3.8) is 0 Å². The van der Waals surface area contributed by atoms with E-state index in [1.165, 1.54) is 19.2 Å². The first kappa shape index (κ1) is 12.3. The smallest absolute Gasteiger partial charge is 0.324 e. The number of hydrogen-bond acceptors (Lipinski definition) is 2. The molecule has 0 saturated heterocycles. The van der Waals surface area contributed by atoms with Crippen molar-refractivity contribution in [2.75, 3.05) is 7.11 Å². The van der Waals surface area contributed by atoms with Gasteiger partial charge in [-0.1, -0.05) is 17.7 Å². The van der Waals surface area contributed by atoms with Crippen LogP contribution in [-0.4, -0.2) is 18.5 Å². The van der Waals surface area contributed by atoms with E-state index < -0.39 is 17.2 Å². The lowest BCUT2D eigenvalue weighted by molar-refractivity contribution is -0.140. The molecule has 0 fully saturated rings. The number of esters is 1. The molecule has 0 radical (unpaired) electrons. The van der Waals surface area contributed by atoms with Crippen LogP contribution in [-0.2, 0) is 16.0 Å². The van der Waals surface area contributed by atoms with Crippen molar-refractivity contribution in [3.8, 4) is 0 Å². The Bertz CT molecular complexity index is 368. The molecule has 5 heteroatoms. The van der Waals surface area contributed by atoms with Crippen molar-refractivity contribution >= 4 is 29.2 Å². The summed E-state index contributed by atoms with van der Waals surface area (Å²) in [6.45, 7) is 0. The molecule has 0 N–H and O–H groups in total. The van der Waals surface area contributed by atoms with Gasteiger partial charge in [-0.15, -0.1) is 11.6 Å². The Hall–Kier alpha value is -0.800. The Morgan fingerprint density at radius 3 is 2.80 bits per heavy atom. The largest absolute Gasteiger partial charge is 0.468 e. The molecule has 0 bridgehead atoms. The summed E-state index contributed by atoms with van der Waals surface area (Å²) in [5.74, 6) is -1.05. The van der Waals surface area contributed by atoms with E-state index in [0.717, 1.165) is 0 Å². The minimum atomic E-state index is -0.884. The second kappa shape index (κ2) is 5.33. The molecule has 0 aliphatic rings. The van der Waals surface area contributed by atoms with E-state index in [-0.39, 0.29) is 6.42 Å². The summed E-state index contributed by atoms with van der Waals surface area (Å²) >= 11 is 11.3. The molecule has 82 valence electrons. The SMILES string of the molecule is COC(=O)C(Cl)Cc1ccc(Cl)cc1F. The minimum absolute atomic E-state index is 0.0806. The molecule has 0 aliphatic carbocycles. The Balaban J connectivity index is 2.76. The standard InChI is InChI=1S/C10H9Cl2FO2/c1-15-10(14)8(12)4-6-2-3-7(11)5-9(6)13/h2-3,5,8H,4H2,1H3. The number of halogens is 3. The molecule has 15 heavy (non-hydrogen) atoms. The summed E-state index contributed by atoms with van der Waals surface area (Å²) < 4.78 is 17.7. The van der Waals surface area contributed by atoms with Crippen LogP contribution in [0.1, 0.15) is 5.56 Å². The maximum atomic E-state index is 13.3. The van der Waals surface area contributed by atoms with Crippen LogP contribution in [0.2, 0.25) is 5.02 Å². The molecule has 1 rings (SSSR count). The van der Waals surface area contributed by atoms with Gasteiger partial charge in [0, 0.05) is 11.4 Å². The molecule has 2 nitrogen and oxygen atoms in total. The van der Waals surface area contributed by atoms with Crippen molar-refractivity contribution < 1.29 is 13.9 Å². The van der Waals surface area contributed by atoms with E-state index in [9.17, 15) is 9.18 Å². The minimum Gasteiger partial charge on any atom is -0.468 e. The summed E-state index contributed by atoms with van der Waals surface area (Å²) in [7, 11) is 1.23. The van der Waals surface area contributed by atoms with Crippen LogP contribution in [0.4, 0.5) is 4.39 Å². The predicted octanol–water partition coefficient (Wildman–Crippen LogP) is 2.80. The van der Waals surface area contributed by atoms with Gasteiger partial charge >= 0.3 is 5.97 Å². The number of hydrogen-bond donors (Lipinski definition) is 0. The molecule has 0 saturated carbocycles. The van der Waals surface area contributed by atoms with Crippen molar-refractivity contribution in [1.82, 2.24) is 0 Å². The molecular formula is C10H9Cl2FO2. The van der Waals surface area contributed by atoms with Crippen molar-refractivity contribution in [2.24, 2.45) is 0 Å². The lowest BCUT2D eigenvalue weighted by Gasteiger charge is -2.08. The maximum Gasteiger partial charge on any atom is 0.324 e. The maximum absolute atomic E-state index is 13.3. The highest BCUT2D eigenvalue weighted by molar-refractivity contribution is 6.30. The fraction of sp³-hybridized carbons (Fsp3) is 0.300. The summed E-state index contributed by atoms with van der Waals surface area (Å²) in [6.07, 6.45) is 0.0806. The Kier molecular flexibility index (Phi) is 4.36. The van der Waals surface area contributed by atoms with Gasteiger partial charge in [0.25, 0.3) is 0 Å². The average Bonchev–Trinajstić information content (AvgIpc) is 2.20. The molecule has 1 aromatic rings. The highest BCUT2D eigenvalue weighted by atomic mass is 35.5. The van der Waals surface area contributed by atoms with Gasteiger partial charge < -0.3 is 4.74 Å². The van der Waals surface area contributed by atoms with Crippen LogP contribution >= 0.6 is 23.2 Å². The van der Waals surface area contributed by atoms with Gasteiger partial charge in [-0.05, 0) is 17.7 Å². The number of methoxy groups -OCH3 is 1.